The first-order valence-electron chi connectivity index (χ1n) is 7.81. The molecule has 0 saturated carbocycles. The van der Waals surface area contributed by atoms with Gasteiger partial charge in [0.1, 0.15) is 5.75 Å². The number of nitrogens with one attached hydrogen (secondary N) is 1. The van der Waals surface area contributed by atoms with Gasteiger partial charge in [0.2, 0.25) is 5.91 Å². The number of halogens is 1. The van der Waals surface area contributed by atoms with Gasteiger partial charge < -0.3 is 10.1 Å². The van der Waals surface area contributed by atoms with E-state index in [9.17, 15) is 13.2 Å². The van der Waals surface area contributed by atoms with Crippen LogP contribution >= 0.6 is 11.6 Å². The van der Waals surface area contributed by atoms with Crippen molar-refractivity contribution in [2.75, 3.05) is 11.1 Å². The number of ether oxygens (including phenoxy) is 1. The number of sulfone groups is 1. The van der Waals surface area contributed by atoms with Crippen molar-refractivity contribution in [2.45, 2.75) is 31.3 Å². The van der Waals surface area contributed by atoms with E-state index in [2.05, 4.69) is 5.32 Å². The number of carbonyl (C=O) groups excluding carboxylic acids is 1. The molecule has 0 bridgehead atoms. The van der Waals surface area contributed by atoms with Gasteiger partial charge in [0.05, 0.1) is 16.8 Å². The Morgan fingerprint density at radius 2 is 1.68 bits per heavy atom. The van der Waals surface area contributed by atoms with Crippen LogP contribution in [0.5, 0.6) is 5.75 Å². The Morgan fingerprint density at radius 3 is 2.24 bits per heavy atom. The largest absolute Gasteiger partial charge is 0.491 e. The Bertz CT molecular complexity index is 815. The number of carbonyl (C=O) groups is 1. The zero-order valence-corrected chi connectivity index (χ0v) is 15.6. The molecule has 5 nitrogen and oxygen atoms in total. The van der Waals surface area contributed by atoms with Crippen LogP contribution in [0.25, 0.3) is 0 Å². The van der Waals surface area contributed by atoms with Gasteiger partial charge in [-0.15, -0.1) is 0 Å². The molecular weight excluding hydrogens is 362 g/mol. The van der Waals surface area contributed by atoms with Gasteiger partial charge in [0.25, 0.3) is 0 Å². The minimum absolute atomic E-state index is 0.0681. The van der Waals surface area contributed by atoms with E-state index >= 15 is 0 Å². The van der Waals surface area contributed by atoms with Crippen LogP contribution < -0.4 is 10.1 Å². The minimum Gasteiger partial charge on any atom is -0.491 e. The van der Waals surface area contributed by atoms with Gasteiger partial charge in [0.15, 0.2) is 9.84 Å². The highest BCUT2D eigenvalue weighted by molar-refractivity contribution is 7.91. The van der Waals surface area contributed by atoms with Crippen molar-refractivity contribution >= 4 is 33.0 Å². The van der Waals surface area contributed by atoms with E-state index in [1.165, 1.54) is 24.3 Å². The molecule has 0 saturated heterocycles. The molecule has 2 aromatic carbocycles. The Balaban J connectivity index is 1.90. The van der Waals surface area contributed by atoms with Crippen LogP contribution in [0, 0.1) is 0 Å². The van der Waals surface area contributed by atoms with Crippen LogP contribution in [0.4, 0.5) is 5.69 Å². The normalized spacial score (nSPS) is 11.4. The van der Waals surface area contributed by atoms with E-state index in [4.69, 9.17) is 16.3 Å². The van der Waals surface area contributed by atoms with Crippen LogP contribution in [-0.2, 0) is 14.6 Å². The topological polar surface area (TPSA) is 72.5 Å². The summed E-state index contributed by atoms with van der Waals surface area (Å²) in [7, 11) is -3.52. The van der Waals surface area contributed by atoms with Crippen molar-refractivity contribution in [2.24, 2.45) is 0 Å². The maximum absolute atomic E-state index is 12.2. The van der Waals surface area contributed by atoms with Crippen molar-refractivity contribution in [3.05, 3.63) is 53.6 Å². The average molecular weight is 382 g/mol. The first-order valence-corrected chi connectivity index (χ1v) is 9.84. The monoisotopic (exact) mass is 381 g/mol. The summed E-state index contributed by atoms with van der Waals surface area (Å²) in [6, 6.07) is 12.8. The lowest BCUT2D eigenvalue weighted by atomic mass is 10.3. The van der Waals surface area contributed by atoms with Gasteiger partial charge in [-0.3, -0.25) is 4.79 Å². The molecule has 0 heterocycles. The SMILES string of the molecule is CC(C)Oc1ccc(NC(=O)CCS(=O)(=O)c2ccc(Cl)cc2)cc1. The highest BCUT2D eigenvalue weighted by atomic mass is 35.5. The van der Waals surface area contributed by atoms with Gasteiger partial charge in [-0.05, 0) is 62.4 Å². The summed E-state index contributed by atoms with van der Waals surface area (Å²) in [6.07, 6.45) is -0.0617. The summed E-state index contributed by atoms with van der Waals surface area (Å²) in [6.45, 7) is 3.85. The molecule has 0 radical (unpaired) electrons. The van der Waals surface area contributed by atoms with E-state index in [0.717, 1.165) is 0 Å². The predicted octanol–water partition coefficient (Wildman–Crippen LogP) is 3.93. The van der Waals surface area contributed by atoms with Crippen LogP contribution in [-0.4, -0.2) is 26.2 Å². The number of anilines is 1. The number of hydrogen-bond acceptors (Lipinski definition) is 4. The molecule has 0 atom stereocenters. The molecule has 2 rings (SSSR count). The van der Waals surface area contributed by atoms with Gasteiger partial charge in [-0.2, -0.15) is 0 Å². The van der Waals surface area contributed by atoms with Crippen LogP contribution in [0.3, 0.4) is 0 Å². The molecule has 0 aliphatic heterocycles. The number of amides is 1. The first-order chi connectivity index (χ1) is 11.8. The molecule has 2 aromatic rings. The number of benzene rings is 2. The third kappa shape index (κ3) is 6.07. The van der Waals surface area contributed by atoms with Gasteiger partial charge >= 0.3 is 0 Å². The molecule has 134 valence electrons. The molecular formula is C18H20ClNO4S. The Kier molecular flexibility index (Phi) is 6.45. The van der Waals surface area contributed by atoms with Gasteiger partial charge in [-0.1, -0.05) is 11.6 Å². The number of hydrogen-bond donors (Lipinski definition) is 1. The van der Waals surface area contributed by atoms with Crippen molar-refractivity contribution in [3.63, 3.8) is 0 Å². The Labute approximate surface area is 152 Å². The zero-order valence-electron chi connectivity index (χ0n) is 14.0. The summed E-state index contributed by atoms with van der Waals surface area (Å²) in [5.41, 5.74) is 0.588. The summed E-state index contributed by atoms with van der Waals surface area (Å²) in [5, 5.41) is 3.14. The lowest BCUT2D eigenvalue weighted by molar-refractivity contribution is -0.115. The fourth-order valence-corrected chi connectivity index (χ4v) is 3.47. The molecule has 1 amide bonds. The average Bonchev–Trinajstić information content (AvgIpc) is 2.55. The summed E-state index contributed by atoms with van der Waals surface area (Å²) < 4.78 is 29.9. The van der Waals surface area contributed by atoms with Crippen LogP contribution in [0.15, 0.2) is 53.4 Å². The molecule has 0 aliphatic carbocycles. The van der Waals surface area contributed by atoms with Crippen molar-refractivity contribution < 1.29 is 17.9 Å². The van der Waals surface area contributed by atoms with Crippen molar-refractivity contribution in [1.82, 2.24) is 0 Å². The molecule has 1 N–H and O–H groups in total. The highest BCUT2D eigenvalue weighted by Gasteiger charge is 2.16. The van der Waals surface area contributed by atoms with Gasteiger partial charge in [-0.25, -0.2) is 8.42 Å². The molecule has 0 spiro atoms. The van der Waals surface area contributed by atoms with E-state index in [1.807, 2.05) is 13.8 Å². The lowest BCUT2D eigenvalue weighted by Gasteiger charge is -2.10. The van der Waals surface area contributed by atoms with E-state index in [0.29, 0.717) is 16.5 Å². The fourth-order valence-electron chi connectivity index (χ4n) is 2.10. The van der Waals surface area contributed by atoms with E-state index in [1.54, 1.807) is 24.3 Å². The van der Waals surface area contributed by atoms with E-state index < -0.39 is 9.84 Å². The van der Waals surface area contributed by atoms with E-state index in [-0.39, 0.29) is 29.1 Å². The second kappa shape index (κ2) is 8.36. The fraction of sp³-hybridized carbons (Fsp3) is 0.278. The molecule has 0 aromatic heterocycles. The highest BCUT2D eigenvalue weighted by Crippen LogP contribution is 2.18. The molecule has 7 heteroatoms. The van der Waals surface area contributed by atoms with Crippen molar-refractivity contribution in [3.8, 4) is 5.75 Å². The number of rotatable bonds is 7. The van der Waals surface area contributed by atoms with Crippen LogP contribution in [0.1, 0.15) is 20.3 Å². The van der Waals surface area contributed by atoms with Crippen molar-refractivity contribution in [1.29, 1.82) is 0 Å². The predicted molar refractivity (Wildman–Crippen MR) is 99.0 cm³/mol. The summed E-state index contributed by atoms with van der Waals surface area (Å²) in [5.74, 6) is 0.0723. The second-order valence-electron chi connectivity index (χ2n) is 5.76. The molecule has 0 unspecified atom stereocenters. The Hall–Kier alpha value is -2.05. The van der Waals surface area contributed by atoms with Gasteiger partial charge in [0, 0.05) is 17.1 Å². The quantitative estimate of drug-likeness (QED) is 0.788. The summed E-state index contributed by atoms with van der Waals surface area (Å²) in [4.78, 5) is 12.1. The third-order valence-electron chi connectivity index (χ3n) is 3.28. The molecule has 0 aliphatic rings. The smallest absolute Gasteiger partial charge is 0.225 e. The van der Waals surface area contributed by atoms with Crippen LogP contribution in [0.2, 0.25) is 5.02 Å². The third-order valence-corrected chi connectivity index (χ3v) is 5.26. The zero-order chi connectivity index (χ0) is 18.4. The lowest BCUT2D eigenvalue weighted by Crippen LogP contribution is -2.17. The maximum atomic E-state index is 12.2. The Morgan fingerprint density at radius 1 is 1.08 bits per heavy atom. The first kappa shape index (κ1) is 19.3. The summed E-state index contributed by atoms with van der Waals surface area (Å²) >= 11 is 5.75. The maximum Gasteiger partial charge on any atom is 0.225 e. The molecule has 0 fully saturated rings. The second-order valence-corrected chi connectivity index (χ2v) is 8.31. The minimum atomic E-state index is -3.52. The molecule has 25 heavy (non-hydrogen) atoms. The standard InChI is InChI=1S/C18H20ClNO4S/c1-13(2)24-16-7-5-15(6-8-16)20-18(21)11-12-25(22,23)17-9-3-14(19)4-10-17/h3-10,13H,11-12H2,1-2H3,(H,20,21).